The highest BCUT2D eigenvalue weighted by atomic mass is 79.9. The molecule has 1 atom stereocenters. The van der Waals surface area contributed by atoms with E-state index >= 15 is 0 Å². The summed E-state index contributed by atoms with van der Waals surface area (Å²) in [5, 5.41) is 2.98. The molecule has 0 aliphatic carbocycles. The van der Waals surface area contributed by atoms with Crippen molar-refractivity contribution in [3.8, 4) is 0 Å². The van der Waals surface area contributed by atoms with Crippen LogP contribution in [-0.4, -0.2) is 95.7 Å². The lowest BCUT2D eigenvalue weighted by Gasteiger charge is -2.39. The number of hydrogen-bond acceptors (Lipinski definition) is 7. The number of anilines is 3. The summed E-state index contributed by atoms with van der Waals surface area (Å²) < 4.78 is 47.3. The van der Waals surface area contributed by atoms with Crippen LogP contribution in [-0.2, 0) is 28.5 Å². The van der Waals surface area contributed by atoms with Gasteiger partial charge in [-0.05, 0) is 76.7 Å². The summed E-state index contributed by atoms with van der Waals surface area (Å²) >= 11 is 3.11. The monoisotopic (exact) mass is 743 g/mol. The number of fused-ring (bicyclic) bond motifs is 1. The number of nitrogen functional groups attached to an aromatic ring is 1. The summed E-state index contributed by atoms with van der Waals surface area (Å²) in [5.74, 6) is -0.486. The molecule has 49 heavy (non-hydrogen) atoms. The Labute approximate surface area is 290 Å². The number of carbonyl (C=O) groups excluding carboxylic acids is 3. The number of ether oxygens (including phenoxy) is 1. The first kappa shape index (κ1) is 34.3. The summed E-state index contributed by atoms with van der Waals surface area (Å²) in [6, 6.07) is 13.5. The van der Waals surface area contributed by atoms with Gasteiger partial charge in [0.25, 0.3) is 5.91 Å². The van der Waals surface area contributed by atoms with Crippen molar-refractivity contribution in [2.45, 2.75) is 44.0 Å². The van der Waals surface area contributed by atoms with E-state index in [0.29, 0.717) is 52.0 Å². The van der Waals surface area contributed by atoms with Crippen molar-refractivity contribution in [1.29, 1.82) is 0 Å². The third-order valence-corrected chi connectivity index (χ3v) is 10.0. The third kappa shape index (κ3) is 7.87. The molecule has 0 radical (unpaired) electrons. The van der Waals surface area contributed by atoms with Crippen molar-refractivity contribution in [1.82, 2.24) is 19.7 Å². The molecule has 3 aliphatic heterocycles. The van der Waals surface area contributed by atoms with Crippen LogP contribution >= 0.6 is 15.9 Å². The largest absolute Gasteiger partial charge is 0.436 e. The fourth-order valence-electron chi connectivity index (χ4n) is 6.66. The molecule has 2 aromatic carbocycles. The van der Waals surface area contributed by atoms with Crippen LogP contribution in [0.5, 0.6) is 0 Å². The van der Waals surface area contributed by atoms with Gasteiger partial charge in [-0.2, -0.15) is 13.2 Å². The molecular formula is C34H37BrF3N7O4. The number of nitrogens with two attached hydrogens (primary N) is 1. The summed E-state index contributed by atoms with van der Waals surface area (Å²) in [4.78, 5) is 51.5. The minimum atomic E-state index is -4.72. The predicted molar refractivity (Wildman–Crippen MR) is 181 cm³/mol. The molecule has 2 saturated heterocycles. The summed E-state index contributed by atoms with van der Waals surface area (Å²) in [6.45, 7) is 2.83. The maximum atomic E-state index is 13.9. The third-order valence-electron chi connectivity index (χ3n) is 9.36. The van der Waals surface area contributed by atoms with E-state index in [0.717, 1.165) is 23.0 Å². The van der Waals surface area contributed by atoms with Crippen molar-refractivity contribution in [2.24, 2.45) is 0 Å². The maximum absolute atomic E-state index is 13.9. The van der Waals surface area contributed by atoms with Gasteiger partial charge in [-0.3, -0.25) is 9.78 Å². The highest BCUT2D eigenvalue weighted by Gasteiger charge is 2.37. The second kappa shape index (κ2) is 14.5. The van der Waals surface area contributed by atoms with Gasteiger partial charge in [0.05, 0.1) is 11.3 Å². The standard InChI is InChI=1S/C34H37BrF3N7O4/c35-27-20-22(19-26(30(27)39)34(36,37)38)21-29(31(46)43-17-15-42(16-18-43)24-5-10-40-11-6-24)49-33(48)44-12-8-25(9-13-44)45-14-7-23-3-1-2-4-28(23)41-32(45)47/h1-6,10-11,19-20,25,29H,7-9,12-18,21,39H2,(H,41,47). The highest BCUT2D eigenvalue weighted by Crippen LogP contribution is 2.38. The first-order valence-corrected chi connectivity index (χ1v) is 17.0. The van der Waals surface area contributed by atoms with Gasteiger partial charge in [0.1, 0.15) is 0 Å². The van der Waals surface area contributed by atoms with E-state index in [2.05, 4.69) is 31.1 Å². The van der Waals surface area contributed by atoms with Crippen LogP contribution in [0.25, 0.3) is 0 Å². The molecule has 2 fully saturated rings. The van der Waals surface area contributed by atoms with Crippen LogP contribution in [0.2, 0.25) is 0 Å². The van der Waals surface area contributed by atoms with Crippen LogP contribution < -0.4 is 16.0 Å². The SMILES string of the molecule is Nc1c(Br)cc(CC(OC(=O)N2CCC(N3CCc4ccccc4NC3=O)CC2)C(=O)N2CCN(c3ccncc3)CC2)cc1C(F)(F)F. The molecule has 3 aromatic rings. The number of pyridine rings is 1. The Balaban J connectivity index is 1.14. The number of hydrogen-bond donors (Lipinski definition) is 2. The zero-order chi connectivity index (χ0) is 34.7. The number of amides is 4. The topological polar surface area (TPSA) is 124 Å². The van der Waals surface area contributed by atoms with Gasteiger partial charge in [0.15, 0.2) is 6.10 Å². The molecule has 0 saturated carbocycles. The minimum Gasteiger partial charge on any atom is -0.436 e. The average Bonchev–Trinajstić information content (AvgIpc) is 3.27. The van der Waals surface area contributed by atoms with Crippen molar-refractivity contribution in [2.75, 3.05) is 61.8 Å². The number of piperazine rings is 1. The number of aromatic nitrogens is 1. The van der Waals surface area contributed by atoms with E-state index < -0.39 is 35.5 Å². The van der Waals surface area contributed by atoms with Gasteiger partial charge >= 0.3 is 18.3 Å². The van der Waals surface area contributed by atoms with E-state index in [1.165, 1.54) is 11.0 Å². The fourth-order valence-corrected chi connectivity index (χ4v) is 7.17. The Morgan fingerprint density at radius 3 is 2.37 bits per heavy atom. The molecule has 0 spiro atoms. The molecule has 11 nitrogen and oxygen atoms in total. The second-order valence-corrected chi connectivity index (χ2v) is 13.2. The number of para-hydroxylation sites is 1. The average molecular weight is 745 g/mol. The van der Waals surface area contributed by atoms with Crippen molar-refractivity contribution in [3.63, 3.8) is 0 Å². The van der Waals surface area contributed by atoms with Crippen molar-refractivity contribution < 1.29 is 32.3 Å². The van der Waals surface area contributed by atoms with Crippen LogP contribution in [0.15, 0.2) is 65.4 Å². The van der Waals surface area contributed by atoms with E-state index in [9.17, 15) is 27.6 Å². The van der Waals surface area contributed by atoms with Crippen molar-refractivity contribution >= 4 is 51.0 Å². The molecule has 15 heteroatoms. The number of carbonyl (C=O) groups is 3. The minimum absolute atomic E-state index is 0.0310. The van der Waals surface area contributed by atoms with Crippen LogP contribution in [0.4, 0.5) is 39.8 Å². The number of piperidine rings is 1. The van der Waals surface area contributed by atoms with Gasteiger partial charge in [-0.25, -0.2) is 9.59 Å². The molecule has 0 bridgehead atoms. The number of halogens is 4. The molecule has 3 N–H and O–H groups in total. The van der Waals surface area contributed by atoms with Gasteiger partial charge in [-0.1, -0.05) is 18.2 Å². The molecule has 1 aromatic heterocycles. The summed E-state index contributed by atoms with van der Waals surface area (Å²) in [7, 11) is 0. The normalized spacial score (nSPS) is 18.0. The molecule has 260 valence electrons. The fraction of sp³-hybridized carbons (Fsp3) is 0.412. The number of alkyl halides is 3. The Morgan fingerprint density at radius 1 is 0.980 bits per heavy atom. The zero-order valence-electron chi connectivity index (χ0n) is 26.7. The molecule has 4 amide bonds. The Bertz CT molecular complexity index is 1680. The Hall–Kier alpha value is -4.53. The van der Waals surface area contributed by atoms with E-state index in [-0.39, 0.29) is 41.6 Å². The number of nitrogens with zero attached hydrogens (tertiary/aromatic N) is 5. The lowest BCUT2D eigenvalue weighted by atomic mass is 10.0. The molecule has 6 rings (SSSR count). The quantitative estimate of drug-likeness (QED) is 0.325. The number of benzene rings is 2. The van der Waals surface area contributed by atoms with E-state index in [1.807, 2.05) is 36.4 Å². The van der Waals surface area contributed by atoms with E-state index in [4.69, 9.17) is 10.5 Å². The summed E-state index contributed by atoms with van der Waals surface area (Å²) in [5.41, 5.74) is 7.17. The smallest absolute Gasteiger partial charge is 0.418 e. The van der Waals surface area contributed by atoms with Crippen molar-refractivity contribution in [3.05, 3.63) is 82.1 Å². The Morgan fingerprint density at radius 2 is 1.67 bits per heavy atom. The second-order valence-electron chi connectivity index (χ2n) is 12.4. The lowest BCUT2D eigenvalue weighted by Crippen LogP contribution is -2.54. The summed E-state index contributed by atoms with van der Waals surface area (Å²) in [6.07, 6.45) is -2.01. The first-order chi connectivity index (χ1) is 23.5. The molecule has 4 heterocycles. The molecule has 3 aliphatic rings. The molecule has 1 unspecified atom stereocenters. The van der Waals surface area contributed by atoms with Gasteiger partial charge in [0.2, 0.25) is 0 Å². The zero-order valence-corrected chi connectivity index (χ0v) is 28.3. The Kier molecular flexibility index (Phi) is 10.2. The van der Waals surface area contributed by atoms with Crippen LogP contribution in [0, 0.1) is 0 Å². The van der Waals surface area contributed by atoms with E-state index in [1.54, 1.807) is 22.2 Å². The number of rotatable bonds is 6. The molecular weight excluding hydrogens is 707 g/mol. The van der Waals surface area contributed by atoms with Gasteiger partial charge in [-0.15, -0.1) is 0 Å². The van der Waals surface area contributed by atoms with Crippen LogP contribution in [0.3, 0.4) is 0 Å². The van der Waals surface area contributed by atoms with Crippen LogP contribution in [0.1, 0.15) is 29.5 Å². The maximum Gasteiger partial charge on any atom is 0.418 e. The predicted octanol–water partition coefficient (Wildman–Crippen LogP) is 5.40. The highest BCUT2D eigenvalue weighted by molar-refractivity contribution is 9.10. The lowest BCUT2D eigenvalue weighted by molar-refractivity contribution is -0.141. The number of likely N-dealkylation sites (tertiary alicyclic amines) is 1. The number of urea groups is 1. The first-order valence-electron chi connectivity index (χ1n) is 16.2. The van der Waals surface area contributed by atoms with Gasteiger partial charge in [0, 0.05) is 86.5 Å². The van der Waals surface area contributed by atoms with Gasteiger partial charge < -0.3 is 35.4 Å². The number of nitrogens with one attached hydrogen (secondary N) is 1.